The number of benzene rings is 1. The molecule has 0 unspecified atom stereocenters. The topological polar surface area (TPSA) is 49.3 Å². The van der Waals surface area contributed by atoms with Gasteiger partial charge in [-0.2, -0.15) is 5.10 Å². The monoisotopic (exact) mass is 296 g/mol. The fourth-order valence-corrected chi connectivity index (χ4v) is 2.88. The molecule has 0 fully saturated rings. The standard InChI is InChI=1S/C17H20N4O/c1-3-11-20-14-7-5-6-8-15(14)21(12-4-2)17(22)13-9-10-18-19-16(13)20/h5-10H,3-4,11-12H2,1-2H3. The smallest absolute Gasteiger partial charge is 0.262 e. The lowest BCUT2D eigenvalue weighted by Crippen LogP contribution is -2.31. The Hall–Kier alpha value is -2.43. The first-order valence-electron chi connectivity index (χ1n) is 7.78. The van der Waals surface area contributed by atoms with Crippen LogP contribution in [0, 0.1) is 0 Å². The molecule has 0 aliphatic carbocycles. The molecule has 22 heavy (non-hydrogen) atoms. The van der Waals surface area contributed by atoms with Crippen LogP contribution in [0.1, 0.15) is 37.0 Å². The predicted octanol–water partition coefficient (Wildman–Crippen LogP) is 3.39. The van der Waals surface area contributed by atoms with Crippen LogP contribution < -0.4 is 9.80 Å². The van der Waals surface area contributed by atoms with Gasteiger partial charge in [0.25, 0.3) is 5.91 Å². The SMILES string of the molecule is CCCN1C(=O)c2ccnnc2N(CCC)c2ccccc21. The summed E-state index contributed by atoms with van der Waals surface area (Å²) in [5, 5.41) is 8.24. The number of rotatable bonds is 4. The van der Waals surface area contributed by atoms with Crippen LogP contribution in [0.25, 0.3) is 0 Å². The average molecular weight is 296 g/mol. The second kappa shape index (κ2) is 6.13. The van der Waals surface area contributed by atoms with E-state index in [0.717, 1.165) is 30.8 Å². The fourth-order valence-electron chi connectivity index (χ4n) is 2.88. The second-order valence-electron chi connectivity index (χ2n) is 5.37. The van der Waals surface area contributed by atoms with Gasteiger partial charge in [0.2, 0.25) is 0 Å². The van der Waals surface area contributed by atoms with E-state index in [9.17, 15) is 4.79 Å². The summed E-state index contributed by atoms with van der Waals surface area (Å²) >= 11 is 0. The second-order valence-corrected chi connectivity index (χ2v) is 5.37. The minimum atomic E-state index is -0.00203. The van der Waals surface area contributed by atoms with Crippen LogP contribution in [0.15, 0.2) is 36.5 Å². The van der Waals surface area contributed by atoms with Gasteiger partial charge in [0, 0.05) is 13.1 Å². The number of amides is 1. The zero-order chi connectivity index (χ0) is 15.5. The minimum absolute atomic E-state index is 0.00203. The molecule has 3 rings (SSSR count). The molecule has 0 bridgehead atoms. The highest BCUT2D eigenvalue weighted by molar-refractivity contribution is 6.13. The van der Waals surface area contributed by atoms with Crippen molar-refractivity contribution in [3.63, 3.8) is 0 Å². The van der Waals surface area contributed by atoms with Crippen molar-refractivity contribution >= 4 is 23.1 Å². The molecule has 2 heterocycles. The summed E-state index contributed by atoms with van der Waals surface area (Å²) in [7, 11) is 0. The summed E-state index contributed by atoms with van der Waals surface area (Å²) in [6.07, 6.45) is 3.45. The van der Waals surface area contributed by atoms with Gasteiger partial charge < -0.3 is 9.80 Å². The Kier molecular flexibility index (Phi) is 4.04. The van der Waals surface area contributed by atoms with Crippen molar-refractivity contribution in [3.8, 4) is 0 Å². The Labute approximate surface area is 130 Å². The van der Waals surface area contributed by atoms with E-state index in [1.165, 1.54) is 0 Å². The summed E-state index contributed by atoms with van der Waals surface area (Å²) in [5.74, 6) is 0.651. The Morgan fingerprint density at radius 1 is 0.955 bits per heavy atom. The molecule has 2 aromatic rings. The van der Waals surface area contributed by atoms with Crippen LogP contribution in [-0.2, 0) is 0 Å². The van der Waals surface area contributed by atoms with Crippen molar-refractivity contribution in [3.05, 3.63) is 42.1 Å². The van der Waals surface area contributed by atoms with Crippen molar-refractivity contribution in [1.82, 2.24) is 10.2 Å². The first-order valence-corrected chi connectivity index (χ1v) is 7.78. The summed E-state index contributed by atoms with van der Waals surface area (Å²) in [6, 6.07) is 9.79. The third kappa shape index (κ3) is 2.32. The number of fused-ring (bicyclic) bond motifs is 2. The number of aromatic nitrogens is 2. The van der Waals surface area contributed by atoms with Gasteiger partial charge in [-0.15, -0.1) is 5.10 Å². The Bertz CT molecular complexity index is 686. The lowest BCUT2D eigenvalue weighted by molar-refractivity contribution is 0.0988. The van der Waals surface area contributed by atoms with Crippen LogP contribution in [0.5, 0.6) is 0 Å². The van der Waals surface area contributed by atoms with Crippen molar-refractivity contribution in [2.45, 2.75) is 26.7 Å². The number of nitrogens with zero attached hydrogens (tertiary/aromatic N) is 4. The molecule has 0 spiro atoms. The predicted molar refractivity (Wildman–Crippen MR) is 87.7 cm³/mol. The van der Waals surface area contributed by atoms with E-state index >= 15 is 0 Å². The minimum Gasteiger partial charge on any atom is -0.322 e. The first-order chi connectivity index (χ1) is 10.8. The summed E-state index contributed by atoms with van der Waals surface area (Å²) in [5.41, 5.74) is 2.58. The lowest BCUT2D eigenvalue weighted by atomic mass is 10.2. The van der Waals surface area contributed by atoms with Crippen molar-refractivity contribution in [2.75, 3.05) is 22.9 Å². The third-order valence-electron chi connectivity index (χ3n) is 3.79. The van der Waals surface area contributed by atoms with Crippen molar-refractivity contribution in [1.29, 1.82) is 0 Å². The van der Waals surface area contributed by atoms with Gasteiger partial charge in [0.1, 0.15) is 0 Å². The van der Waals surface area contributed by atoms with Crippen LogP contribution in [0.4, 0.5) is 17.2 Å². The first kappa shape index (κ1) is 14.5. The molecule has 1 aliphatic heterocycles. The molecule has 1 aromatic carbocycles. The molecule has 5 nitrogen and oxygen atoms in total. The highest BCUT2D eigenvalue weighted by Crippen LogP contribution is 2.39. The van der Waals surface area contributed by atoms with Crippen molar-refractivity contribution in [2.24, 2.45) is 0 Å². The molecule has 0 saturated heterocycles. The zero-order valence-electron chi connectivity index (χ0n) is 13.0. The van der Waals surface area contributed by atoms with Crippen LogP contribution in [0.2, 0.25) is 0 Å². The molecule has 114 valence electrons. The van der Waals surface area contributed by atoms with Gasteiger partial charge >= 0.3 is 0 Å². The maximum atomic E-state index is 13.0. The number of carbonyl (C=O) groups is 1. The fraction of sp³-hybridized carbons (Fsp3) is 0.353. The third-order valence-corrected chi connectivity index (χ3v) is 3.79. The summed E-state index contributed by atoms with van der Waals surface area (Å²) in [4.78, 5) is 16.9. The molecular formula is C17H20N4O. The average Bonchev–Trinajstić information content (AvgIpc) is 2.65. The highest BCUT2D eigenvalue weighted by Gasteiger charge is 2.31. The molecule has 1 aromatic heterocycles. The molecule has 0 saturated carbocycles. The van der Waals surface area contributed by atoms with Crippen LogP contribution in [0.3, 0.4) is 0 Å². The van der Waals surface area contributed by atoms with Gasteiger partial charge in [-0.1, -0.05) is 26.0 Å². The molecule has 1 aliphatic rings. The van der Waals surface area contributed by atoms with Gasteiger partial charge in [-0.05, 0) is 31.0 Å². The zero-order valence-corrected chi connectivity index (χ0v) is 13.0. The Morgan fingerprint density at radius 3 is 2.27 bits per heavy atom. The quantitative estimate of drug-likeness (QED) is 0.867. The summed E-state index contributed by atoms with van der Waals surface area (Å²) < 4.78 is 0. The Balaban J connectivity index is 2.24. The van der Waals surface area contributed by atoms with E-state index < -0.39 is 0 Å². The van der Waals surface area contributed by atoms with E-state index in [0.29, 0.717) is 17.9 Å². The van der Waals surface area contributed by atoms with Gasteiger partial charge in [0.05, 0.1) is 23.1 Å². The molecular weight excluding hydrogens is 276 g/mol. The maximum absolute atomic E-state index is 13.0. The molecule has 5 heteroatoms. The highest BCUT2D eigenvalue weighted by atomic mass is 16.2. The van der Waals surface area contributed by atoms with E-state index in [1.807, 2.05) is 29.2 Å². The van der Waals surface area contributed by atoms with E-state index in [-0.39, 0.29) is 5.91 Å². The van der Waals surface area contributed by atoms with Gasteiger partial charge in [0.15, 0.2) is 5.82 Å². The lowest BCUT2D eigenvalue weighted by Gasteiger charge is -2.25. The van der Waals surface area contributed by atoms with E-state index in [1.54, 1.807) is 12.3 Å². The summed E-state index contributed by atoms with van der Waals surface area (Å²) in [6.45, 7) is 5.69. The largest absolute Gasteiger partial charge is 0.322 e. The molecule has 0 atom stereocenters. The van der Waals surface area contributed by atoms with Gasteiger partial charge in [-0.25, -0.2) is 0 Å². The molecule has 0 radical (unpaired) electrons. The van der Waals surface area contributed by atoms with Crippen LogP contribution in [-0.4, -0.2) is 29.2 Å². The van der Waals surface area contributed by atoms with E-state index in [4.69, 9.17) is 0 Å². The molecule has 0 N–H and O–H groups in total. The number of hydrogen-bond donors (Lipinski definition) is 0. The Morgan fingerprint density at radius 2 is 1.59 bits per heavy atom. The number of carbonyl (C=O) groups excluding carboxylic acids is 1. The van der Waals surface area contributed by atoms with Crippen molar-refractivity contribution < 1.29 is 4.79 Å². The van der Waals surface area contributed by atoms with Gasteiger partial charge in [-0.3, -0.25) is 4.79 Å². The number of anilines is 3. The molecule has 1 amide bonds. The maximum Gasteiger partial charge on any atom is 0.262 e. The van der Waals surface area contributed by atoms with Crippen LogP contribution >= 0.6 is 0 Å². The normalized spacial score (nSPS) is 13.6. The van der Waals surface area contributed by atoms with E-state index in [2.05, 4.69) is 28.9 Å². The number of hydrogen-bond acceptors (Lipinski definition) is 4. The number of para-hydroxylation sites is 2.